The molecule has 0 unspecified atom stereocenters. The number of hydrogen-bond donors (Lipinski definition) is 2. The van der Waals surface area contributed by atoms with Crippen LogP contribution in [0.5, 0.6) is 5.75 Å². The monoisotopic (exact) mass is 245 g/mol. The topological polar surface area (TPSA) is 64.7 Å². The van der Waals surface area contributed by atoms with Gasteiger partial charge in [0, 0.05) is 6.54 Å². The Balaban J connectivity index is 2.46. The molecule has 0 aliphatic rings. The first-order valence-corrected chi connectivity index (χ1v) is 5.33. The molecule has 1 aromatic carbocycles. The molecule has 3 N–H and O–H groups in total. The van der Waals surface area contributed by atoms with Crippen LogP contribution in [0.3, 0.4) is 0 Å². The molecule has 0 aliphatic heterocycles. The van der Waals surface area contributed by atoms with Gasteiger partial charge in [0.1, 0.15) is 5.75 Å². The van der Waals surface area contributed by atoms with E-state index in [9.17, 15) is 5.11 Å². The van der Waals surface area contributed by atoms with E-state index in [0.29, 0.717) is 17.4 Å². The van der Waals surface area contributed by atoms with Gasteiger partial charge in [-0.2, -0.15) is 0 Å². The molecule has 0 radical (unpaired) electrons. The Labute approximate surface area is 99.9 Å². The normalized spacial score (nSPS) is 12.5. The summed E-state index contributed by atoms with van der Waals surface area (Å²) in [6.07, 6.45) is -0.617. The van der Waals surface area contributed by atoms with Gasteiger partial charge in [0.15, 0.2) is 0 Å². The van der Waals surface area contributed by atoms with E-state index in [1.807, 2.05) is 6.07 Å². The van der Waals surface area contributed by atoms with Crippen LogP contribution in [0.1, 0.15) is 5.56 Å². The van der Waals surface area contributed by atoms with Gasteiger partial charge in [0.2, 0.25) is 0 Å². The van der Waals surface area contributed by atoms with Gasteiger partial charge in [0.25, 0.3) is 0 Å². The lowest BCUT2D eigenvalue weighted by Crippen LogP contribution is -2.24. The molecule has 5 heteroatoms. The Morgan fingerprint density at radius 3 is 2.81 bits per heavy atom. The van der Waals surface area contributed by atoms with Crippen LogP contribution in [0.4, 0.5) is 0 Å². The summed E-state index contributed by atoms with van der Waals surface area (Å²) in [7, 11) is 1.56. The van der Waals surface area contributed by atoms with Gasteiger partial charge in [-0.25, -0.2) is 0 Å². The number of benzene rings is 1. The Morgan fingerprint density at radius 2 is 2.25 bits per heavy atom. The molecule has 0 saturated carbocycles. The molecule has 4 nitrogen and oxygen atoms in total. The number of hydrogen-bond acceptors (Lipinski definition) is 4. The third-order valence-corrected chi connectivity index (χ3v) is 2.36. The minimum absolute atomic E-state index is 0.198. The highest BCUT2D eigenvalue weighted by molar-refractivity contribution is 6.32. The molecular formula is C11H16ClNO3. The summed E-state index contributed by atoms with van der Waals surface area (Å²) < 4.78 is 10.3. The molecule has 0 saturated heterocycles. The maximum absolute atomic E-state index is 9.18. The summed E-state index contributed by atoms with van der Waals surface area (Å²) in [6, 6.07) is 5.41. The van der Waals surface area contributed by atoms with E-state index in [2.05, 4.69) is 0 Å². The Morgan fingerprint density at radius 1 is 1.50 bits per heavy atom. The fourth-order valence-electron chi connectivity index (χ4n) is 1.18. The molecule has 1 aromatic rings. The van der Waals surface area contributed by atoms with E-state index >= 15 is 0 Å². The molecule has 0 aliphatic carbocycles. The number of aliphatic hydroxyl groups excluding tert-OH is 1. The highest BCUT2D eigenvalue weighted by atomic mass is 35.5. The van der Waals surface area contributed by atoms with Crippen molar-refractivity contribution in [1.29, 1.82) is 0 Å². The molecule has 0 fully saturated rings. The van der Waals surface area contributed by atoms with Gasteiger partial charge in [-0.05, 0) is 17.7 Å². The maximum atomic E-state index is 9.18. The van der Waals surface area contributed by atoms with Gasteiger partial charge in [-0.1, -0.05) is 17.7 Å². The molecule has 0 aromatic heterocycles. The molecule has 0 heterocycles. The zero-order valence-electron chi connectivity index (χ0n) is 9.15. The Kier molecular flexibility index (Phi) is 5.55. The molecule has 16 heavy (non-hydrogen) atoms. The maximum Gasteiger partial charge on any atom is 0.137 e. The first kappa shape index (κ1) is 13.3. The summed E-state index contributed by atoms with van der Waals surface area (Å²) in [6.45, 7) is 0.810. The largest absolute Gasteiger partial charge is 0.495 e. The molecule has 1 rings (SSSR count). The van der Waals surface area contributed by atoms with Crippen molar-refractivity contribution in [1.82, 2.24) is 0 Å². The minimum atomic E-state index is -0.617. The molecule has 0 bridgehead atoms. The third-order valence-electron chi connectivity index (χ3n) is 2.07. The Bertz CT molecular complexity index is 333. The highest BCUT2D eigenvalue weighted by Gasteiger charge is 2.04. The highest BCUT2D eigenvalue weighted by Crippen LogP contribution is 2.25. The molecule has 90 valence electrons. The quantitative estimate of drug-likeness (QED) is 0.790. The van der Waals surface area contributed by atoms with Crippen LogP contribution in [0.2, 0.25) is 5.02 Å². The Hall–Kier alpha value is -0.810. The number of aliphatic hydroxyl groups is 1. The number of halogens is 1. The van der Waals surface area contributed by atoms with E-state index in [1.165, 1.54) is 0 Å². The van der Waals surface area contributed by atoms with Crippen LogP contribution in [-0.4, -0.2) is 31.5 Å². The lowest BCUT2D eigenvalue weighted by Gasteiger charge is -2.09. The SMILES string of the molecule is COc1ccc(COC[C@H](O)CN)cc1Cl. The molecule has 0 amide bonds. The second-order valence-corrected chi connectivity index (χ2v) is 3.78. The summed E-state index contributed by atoms with van der Waals surface area (Å²) in [5.41, 5.74) is 6.17. The average Bonchev–Trinajstić information content (AvgIpc) is 2.29. The van der Waals surface area contributed by atoms with Crippen molar-refractivity contribution in [3.63, 3.8) is 0 Å². The first-order chi connectivity index (χ1) is 7.67. The van der Waals surface area contributed by atoms with Crippen molar-refractivity contribution >= 4 is 11.6 Å². The number of ether oxygens (including phenoxy) is 2. The van der Waals surface area contributed by atoms with Crippen LogP contribution < -0.4 is 10.5 Å². The average molecular weight is 246 g/mol. The second-order valence-electron chi connectivity index (χ2n) is 3.37. The van der Waals surface area contributed by atoms with Crippen molar-refractivity contribution < 1.29 is 14.6 Å². The predicted molar refractivity (Wildman–Crippen MR) is 62.7 cm³/mol. The number of nitrogens with two attached hydrogens (primary N) is 1. The van der Waals surface area contributed by atoms with E-state index in [4.69, 9.17) is 26.8 Å². The minimum Gasteiger partial charge on any atom is -0.495 e. The van der Waals surface area contributed by atoms with Gasteiger partial charge >= 0.3 is 0 Å². The van der Waals surface area contributed by atoms with Crippen LogP contribution in [-0.2, 0) is 11.3 Å². The smallest absolute Gasteiger partial charge is 0.137 e. The van der Waals surface area contributed by atoms with Crippen LogP contribution in [0.25, 0.3) is 0 Å². The van der Waals surface area contributed by atoms with Crippen molar-refractivity contribution in [3.05, 3.63) is 28.8 Å². The van der Waals surface area contributed by atoms with Crippen LogP contribution in [0.15, 0.2) is 18.2 Å². The zero-order chi connectivity index (χ0) is 12.0. The van der Waals surface area contributed by atoms with Gasteiger partial charge in [0.05, 0.1) is 31.5 Å². The van der Waals surface area contributed by atoms with E-state index in [0.717, 1.165) is 5.56 Å². The number of methoxy groups -OCH3 is 1. The van der Waals surface area contributed by atoms with Crippen molar-refractivity contribution in [2.45, 2.75) is 12.7 Å². The summed E-state index contributed by atoms with van der Waals surface area (Å²) in [4.78, 5) is 0. The zero-order valence-corrected chi connectivity index (χ0v) is 9.91. The second kappa shape index (κ2) is 6.70. The fraction of sp³-hybridized carbons (Fsp3) is 0.455. The molecule has 1 atom stereocenters. The van der Waals surface area contributed by atoms with E-state index in [-0.39, 0.29) is 13.2 Å². The van der Waals surface area contributed by atoms with Crippen molar-refractivity contribution in [2.24, 2.45) is 5.73 Å². The van der Waals surface area contributed by atoms with Crippen molar-refractivity contribution in [2.75, 3.05) is 20.3 Å². The molecular weight excluding hydrogens is 230 g/mol. The first-order valence-electron chi connectivity index (χ1n) is 4.95. The van der Waals surface area contributed by atoms with Gasteiger partial charge < -0.3 is 20.3 Å². The summed E-state index contributed by atoms with van der Waals surface area (Å²) in [5.74, 6) is 0.632. The van der Waals surface area contributed by atoms with E-state index in [1.54, 1.807) is 19.2 Å². The van der Waals surface area contributed by atoms with Gasteiger partial charge in [-0.15, -0.1) is 0 Å². The van der Waals surface area contributed by atoms with Gasteiger partial charge in [-0.3, -0.25) is 0 Å². The fourth-order valence-corrected chi connectivity index (χ4v) is 1.46. The van der Waals surface area contributed by atoms with E-state index < -0.39 is 6.10 Å². The molecule has 0 spiro atoms. The number of rotatable bonds is 6. The lowest BCUT2D eigenvalue weighted by atomic mass is 10.2. The predicted octanol–water partition coefficient (Wildman–Crippen LogP) is 1.18. The lowest BCUT2D eigenvalue weighted by molar-refractivity contribution is 0.0329. The van der Waals surface area contributed by atoms with Crippen LogP contribution >= 0.6 is 11.6 Å². The standard InChI is InChI=1S/C11H16ClNO3/c1-15-11-3-2-8(4-10(11)12)6-16-7-9(14)5-13/h2-4,9,14H,5-7,13H2,1H3/t9-/m1/s1. The third kappa shape index (κ3) is 3.98. The van der Waals surface area contributed by atoms with Crippen LogP contribution in [0, 0.1) is 0 Å². The summed E-state index contributed by atoms with van der Waals surface area (Å²) >= 11 is 5.95. The van der Waals surface area contributed by atoms with Crippen molar-refractivity contribution in [3.8, 4) is 5.75 Å². The summed E-state index contributed by atoms with van der Waals surface area (Å²) in [5, 5.41) is 9.72.